The molecule has 1 aliphatic carbocycles. The van der Waals surface area contributed by atoms with Crippen LogP contribution in [0.5, 0.6) is 0 Å². The lowest BCUT2D eigenvalue weighted by Crippen LogP contribution is -2.32. The van der Waals surface area contributed by atoms with Crippen molar-refractivity contribution in [2.45, 2.75) is 40.0 Å². The fraction of sp³-hybridized carbons (Fsp3) is 0.318. The van der Waals surface area contributed by atoms with Crippen LogP contribution in [0.15, 0.2) is 48.3 Å². The minimum absolute atomic E-state index is 0.180. The Kier molecular flexibility index (Phi) is 5.78. The fourth-order valence-corrected chi connectivity index (χ4v) is 3.24. The van der Waals surface area contributed by atoms with Crippen LogP contribution in [-0.4, -0.2) is 25.7 Å². The number of amides is 1. The first-order valence-electron chi connectivity index (χ1n) is 9.52. The molecular weight excluding hydrogens is 350 g/mol. The highest BCUT2D eigenvalue weighted by atomic mass is 16.1. The molecular formula is C22H27N5O. The zero-order valence-corrected chi connectivity index (χ0v) is 17.0. The molecule has 0 radical (unpaired) electrons. The summed E-state index contributed by atoms with van der Waals surface area (Å²) in [5.41, 5.74) is 5.16. The molecule has 2 heterocycles. The van der Waals surface area contributed by atoms with Gasteiger partial charge in [-0.05, 0) is 44.3 Å². The summed E-state index contributed by atoms with van der Waals surface area (Å²) in [7, 11) is 1.91. The van der Waals surface area contributed by atoms with Crippen LogP contribution in [0.4, 0.5) is 5.95 Å². The van der Waals surface area contributed by atoms with E-state index in [4.69, 9.17) is 4.98 Å². The maximum Gasteiger partial charge on any atom is 0.253 e. The lowest BCUT2D eigenvalue weighted by Gasteiger charge is -2.11. The van der Waals surface area contributed by atoms with Crippen LogP contribution >= 0.6 is 0 Å². The number of H-pyrrole nitrogens is 1. The predicted octanol–water partition coefficient (Wildman–Crippen LogP) is 2.71. The minimum Gasteiger partial charge on any atom is -0.324 e. The molecule has 2 aromatic heterocycles. The molecule has 0 atom stereocenters. The number of hydrogen-bond acceptors (Lipinski definition) is 3. The van der Waals surface area contributed by atoms with E-state index in [0.717, 1.165) is 46.7 Å². The van der Waals surface area contributed by atoms with Gasteiger partial charge in [-0.25, -0.2) is 4.98 Å². The summed E-state index contributed by atoms with van der Waals surface area (Å²) in [6.07, 6.45) is 12.1. The van der Waals surface area contributed by atoms with Crippen LogP contribution in [0.25, 0.3) is 11.1 Å². The van der Waals surface area contributed by atoms with Crippen molar-refractivity contribution in [1.29, 1.82) is 0 Å². The number of rotatable bonds is 6. The molecule has 146 valence electrons. The Morgan fingerprint density at radius 2 is 2.14 bits per heavy atom. The molecule has 0 aliphatic heterocycles. The molecule has 0 spiro atoms. The Hall–Kier alpha value is -3.15. The summed E-state index contributed by atoms with van der Waals surface area (Å²) in [5, 5.41) is 9.10. The van der Waals surface area contributed by atoms with E-state index in [1.165, 1.54) is 5.57 Å². The number of imidazole rings is 1. The number of allylic oxidation sites excluding steroid dienone is 4. The molecule has 6 nitrogen and oxygen atoms in total. The summed E-state index contributed by atoms with van der Waals surface area (Å²) in [6.45, 7) is 9.58. The summed E-state index contributed by atoms with van der Waals surface area (Å²) < 4.78 is 1.79. The van der Waals surface area contributed by atoms with Crippen molar-refractivity contribution in [3.8, 4) is 0 Å². The molecule has 0 saturated heterocycles. The molecule has 0 aromatic carbocycles. The van der Waals surface area contributed by atoms with Crippen LogP contribution in [0.2, 0.25) is 0 Å². The van der Waals surface area contributed by atoms with Gasteiger partial charge >= 0.3 is 0 Å². The van der Waals surface area contributed by atoms with E-state index in [1.54, 1.807) is 23.8 Å². The van der Waals surface area contributed by atoms with Gasteiger partial charge in [0.05, 0.1) is 16.9 Å². The van der Waals surface area contributed by atoms with Crippen molar-refractivity contribution in [3.63, 3.8) is 0 Å². The lowest BCUT2D eigenvalue weighted by atomic mass is 9.94. The second-order valence-electron chi connectivity index (χ2n) is 7.07. The highest BCUT2D eigenvalue weighted by molar-refractivity contribution is 6.02. The van der Waals surface area contributed by atoms with Crippen molar-refractivity contribution in [2.24, 2.45) is 7.05 Å². The van der Waals surface area contributed by atoms with Crippen LogP contribution in [0.1, 0.15) is 45.6 Å². The number of nitrogens with one attached hydrogen (secondary N) is 2. The van der Waals surface area contributed by atoms with Crippen molar-refractivity contribution in [1.82, 2.24) is 19.7 Å². The second-order valence-corrected chi connectivity index (χ2v) is 7.07. The SMILES string of the molecule is C=C/C(C)=C\C=C(/C)C(=O)Nc1nc2c([nH]1)=C(CC)CCC=2c1cnn(C)c1. The second kappa shape index (κ2) is 8.25. The average Bonchev–Trinajstić information content (AvgIpc) is 3.30. The number of aromatic amines is 1. The first-order chi connectivity index (χ1) is 13.4. The molecule has 1 amide bonds. The number of hydrogen-bond donors (Lipinski definition) is 2. The van der Waals surface area contributed by atoms with Crippen LogP contribution in [-0.2, 0) is 11.8 Å². The van der Waals surface area contributed by atoms with Gasteiger partial charge in [0.2, 0.25) is 5.95 Å². The molecule has 28 heavy (non-hydrogen) atoms. The van der Waals surface area contributed by atoms with E-state index >= 15 is 0 Å². The number of anilines is 1. The van der Waals surface area contributed by atoms with Gasteiger partial charge in [-0.15, -0.1) is 0 Å². The van der Waals surface area contributed by atoms with E-state index < -0.39 is 0 Å². The van der Waals surface area contributed by atoms with Gasteiger partial charge in [0.25, 0.3) is 5.91 Å². The Morgan fingerprint density at radius 3 is 2.79 bits per heavy atom. The third-order valence-electron chi connectivity index (χ3n) is 5.01. The van der Waals surface area contributed by atoms with E-state index in [-0.39, 0.29) is 5.91 Å². The molecule has 0 saturated carbocycles. The van der Waals surface area contributed by atoms with Gasteiger partial charge in [-0.2, -0.15) is 5.10 Å². The third-order valence-corrected chi connectivity index (χ3v) is 5.01. The summed E-state index contributed by atoms with van der Waals surface area (Å²) in [6, 6.07) is 0. The summed E-state index contributed by atoms with van der Waals surface area (Å²) >= 11 is 0. The Labute approximate surface area is 165 Å². The van der Waals surface area contributed by atoms with Crippen LogP contribution in [0, 0.1) is 0 Å². The quantitative estimate of drug-likeness (QED) is 0.600. The largest absolute Gasteiger partial charge is 0.324 e. The smallest absolute Gasteiger partial charge is 0.253 e. The van der Waals surface area contributed by atoms with Crippen LogP contribution in [0.3, 0.4) is 0 Å². The number of aromatic nitrogens is 4. The zero-order chi connectivity index (χ0) is 20.3. The maximum absolute atomic E-state index is 12.5. The van der Waals surface area contributed by atoms with E-state index in [0.29, 0.717) is 11.5 Å². The number of carbonyl (C=O) groups excluding carboxylic acids is 1. The molecule has 0 bridgehead atoms. The highest BCUT2D eigenvalue weighted by Gasteiger charge is 2.17. The first kappa shape index (κ1) is 19.6. The topological polar surface area (TPSA) is 75.6 Å². The molecule has 2 N–H and O–H groups in total. The molecule has 0 fully saturated rings. The van der Waals surface area contributed by atoms with E-state index in [2.05, 4.69) is 28.9 Å². The Bertz CT molecular complexity index is 1090. The molecule has 0 unspecified atom stereocenters. The predicted molar refractivity (Wildman–Crippen MR) is 113 cm³/mol. The van der Waals surface area contributed by atoms with Gasteiger partial charge in [-0.1, -0.05) is 37.3 Å². The normalized spacial score (nSPS) is 14.9. The van der Waals surface area contributed by atoms with E-state index in [1.807, 2.05) is 32.4 Å². The summed E-state index contributed by atoms with van der Waals surface area (Å²) in [5.74, 6) is 0.293. The standard InChI is InChI=1S/C22H27N5O/c1-6-14(3)8-9-15(4)21(28)26-22-24-19-16(7-2)10-11-18(20(19)25-22)17-12-23-27(5)13-17/h6,8-9,12-13H,1,7,10-11H2,2-5H3,(H2,24,25,26,28)/b14-8-,15-9+. The highest BCUT2D eigenvalue weighted by Crippen LogP contribution is 2.22. The molecule has 1 aliphatic rings. The Balaban J connectivity index is 1.99. The third kappa shape index (κ3) is 4.06. The molecule has 6 heteroatoms. The number of carbonyl (C=O) groups is 1. The minimum atomic E-state index is -0.180. The zero-order valence-electron chi connectivity index (χ0n) is 17.0. The van der Waals surface area contributed by atoms with Gasteiger partial charge in [0.15, 0.2) is 0 Å². The fourth-order valence-electron chi connectivity index (χ4n) is 3.24. The van der Waals surface area contributed by atoms with Gasteiger partial charge in [0.1, 0.15) is 0 Å². The number of fused-ring (bicyclic) bond motifs is 1. The van der Waals surface area contributed by atoms with Crippen molar-refractivity contribution in [3.05, 3.63) is 64.6 Å². The number of nitrogens with zero attached hydrogens (tertiary/aromatic N) is 3. The first-order valence-corrected chi connectivity index (χ1v) is 9.52. The average molecular weight is 377 g/mol. The van der Waals surface area contributed by atoms with Crippen LogP contribution < -0.4 is 16.0 Å². The molecule has 2 aromatic rings. The number of aryl methyl sites for hydroxylation is 1. The van der Waals surface area contributed by atoms with Gasteiger partial charge in [0, 0.05) is 24.4 Å². The lowest BCUT2D eigenvalue weighted by molar-refractivity contribution is -0.112. The monoisotopic (exact) mass is 377 g/mol. The van der Waals surface area contributed by atoms with Crippen molar-refractivity contribution < 1.29 is 4.79 Å². The Morgan fingerprint density at radius 1 is 1.36 bits per heavy atom. The van der Waals surface area contributed by atoms with Crippen molar-refractivity contribution in [2.75, 3.05) is 5.32 Å². The summed E-state index contributed by atoms with van der Waals surface area (Å²) in [4.78, 5) is 20.5. The van der Waals surface area contributed by atoms with Gasteiger partial charge in [-0.3, -0.25) is 14.8 Å². The van der Waals surface area contributed by atoms with Crippen molar-refractivity contribution >= 4 is 23.0 Å². The molecule has 3 rings (SSSR count). The van der Waals surface area contributed by atoms with Gasteiger partial charge < -0.3 is 4.98 Å². The van der Waals surface area contributed by atoms with E-state index in [9.17, 15) is 4.79 Å². The maximum atomic E-state index is 12.5.